The van der Waals surface area contributed by atoms with E-state index in [-0.39, 0.29) is 30.9 Å². The molecular weight excluding hydrogens is 380 g/mol. The fourth-order valence-electron chi connectivity index (χ4n) is 4.12. The summed E-state index contributed by atoms with van der Waals surface area (Å²) in [7, 11) is 0. The van der Waals surface area contributed by atoms with Gasteiger partial charge in [-0.1, -0.05) is 12.1 Å². The zero-order chi connectivity index (χ0) is 19.1. The van der Waals surface area contributed by atoms with Crippen LogP contribution in [0, 0.1) is 5.92 Å². The van der Waals surface area contributed by atoms with E-state index < -0.39 is 0 Å². The van der Waals surface area contributed by atoms with Crippen LogP contribution in [0.4, 0.5) is 0 Å². The van der Waals surface area contributed by atoms with Gasteiger partial charge in [-0.25, -0.2) is 4.79 Å². The van der Waals surface area contributed by atoms with Crippen LogP contribution in [-0.4, -0.2) is 43.7 Å². The highest BCUT2D eigenvalue weighted by Crippen LogP contribution is 2.32. The first-order valence-corrected chi connectivity index (χ1v) is 10.0. The van der Waals surface area contributed by atoms with Crippen molar-refractivity contribution >= 4 is 24.3 Å². The number of rotatable bonds is 9. The number of ether oxygens (including phenoxy) is 2. The van der Waals surface area contributed by atoms with Gasteiger partial charge in [-0.2, -0.15) is 0 Å². The van der Waals surface area contributed by atoms with Crippen LogP contribution in [0.25, 0.3) is 0 Å². The van der Waals surface area contributed by atoms with E-state index >= 15 is 0 Å². The Balaban J connectivity index is 0.00000280. The van der Waals surface area contributed by atoms with Gasteiger partial charge in [0.2, 0.25) is 5.91 Å². The first-order valence-electron chi connectivity index (χ1n) is 10.0. The van der Waals surface area contributed by atoms with Gasteiger partial charge >= 0.3 is 5.97 Å². The Hall–Kier alpha value is -1.79. The Kier molecular flexibility index (Phi) is 9.06. The molecule has 2 bridgehead atoms. The number of carbonyl (C=O) groups excluding carboxylic acids is 2. The molecule has 0 saturated carbocycles. The fourth-order valence-corrected chi connectivity index (χ4v) is 4.12. The smallest absolute Gasteiger partial charge is 0.344 e. The number of benzene rings is 1. The molecule has 1 aromatic carbocycles. The van der Waals surface area contributed by atoms with Crippen molar-refractivity contribution in [2.75, 3.05) is 19.8 Å². The van der Waals surface area contributed by atoms with Crippen LogP contribution >= 0.6 is 12.4 Å². The van der Waals surface area contributed by atoms with E-state index in [9.17, 15) is 9.59 Å². The maximum Gasteiger partial charge on any atom is 0.344 e. The van der Waals surface area contributed by atoms with E-state index in [1.807, 2.05) is 24.3 Å². The standard InChI is InChI=1S/C21H30N2O4.ClH/c1-2-26-21(25)14-27-19-7-3-15(4-8-19)9-10-22-20(24)13-16-11-17-5-6-18(12-16)23-17;/h3-4,7-8,16-18,23H,2,5-6,9-14H2,1H3,(H,22,24);1H. The zero-order valence-corrected chi connectivity index (χ0v) is 17.3. The molecule has 2 N–H and O–H groups in total. The molecular formula is C21H31ClN2O4. The van der Waals surface area contributed by atoms with Gasteiger partial charge in [-0.3, -0.25) is 4.79 Å². The van der Waals surface area contributed by atoms with Crippen LogP contribution in [0.15, 0.2) is 24.3 Å². The van der Waals surface area contributed by atoms with Crippen LogP contribution in [-0.2, 0) is 20.7 Å². The topological polar surface area (TPSA) is 76.7 Å². The molecule has 28 heavy (non-hydrogen) atoms. The minimum atomic E-state index is -0.369. The number of carbonyl (C=O) groups is 2. The molecule has 2 heterocycles. The van der Waals surface area contributed by atoms with Gasteiger partial charge in [0.15, 0.2) is 6.61 Å². The van der Waals surface area contributed by atoms with Crippen LogP contribution in [0.1, 0.15) is 44.6 Å². The molecule has 2 fully saturated rings. The second-order valence-electron chi connectivity index (χ2n) is 7.52. The Bertz CT molecular complexity index is 626. The van der Waals surface area contributed by atoms with Crippen molar-refractivity contribution < 1.29 is 19.1 Å². The van der Waals surface area contributed by atoms with Gasteiger partial charge in [-0.15, -0.1) is 12.4 Å². The van der Waals surface area contributed by atoms with Crippen LogP contribution < -0.4 is 15.4 Å². The molecule has 1 amide bonds. The minimum absolute atomic E-state index is 0. The van der Waals surface area contributed by atoms with Gasteiger partial charge in [0.1, 0.15) is 5.75 Å². The quantitative estimate of drug-likeness (QED) is 0.612. The molecule has 1 aromatic rings. The molecule has 2 aliphatic heterocycles. The lowest BCUT2D eigenvalue weighted by atomic mass is 9.89. The number of esters is 1. The highest BCUT2D eigenvalue weighted by atomic mass is 35.5. The van der Waals surface area contributed by atoms with Crippen molar-refractivity contribution in [3.63, 3.8) is 0 Å². The number of piperidine rings is 1. The summed E-state index contributed by atoms with van der Waals surface area (Å²) in [5.41, 5.74) is 1.12. The van der Waals surface area contributed by atoms with Crippen molar-refractivity contribution in [1.29, 1.82) is 0 Å². The SMILES string of the molecule is CCOC(=O)COc1ccc(CCNC(=O)CC2CC3CCC(C2)N3)cc1.Cl. The molecule has 0 aromatic heterocycles. The molecule has 2 aliphatic rings. The predicted molar refractivity (Wildman–Crippen MR) is 110 cm³/mol. The van der Waals surface area contributed by atoms with Crippen LogP contribution in [0.3, 0.4) is 0 Å². The summed E-state index contributed by atoms with van der Waals surface area (Å²) in [4.78, 5) is 23.5. The Labute approximate surface area is 173 Å². The summed E-state index contributed by atoms with van der Waals surface area (Å²) >= 11 is 0. The van der Waals surface area contributed by atoms with Gasteiger partial charge in [-0.05, 0) is 62.6 Å². The zero-order valence-electron chi connectivity index (χ0n) is 16.4. The Morgan fingerprint density at radius 1 is 1.14 bits per heavy atom. The molecule has 156 valence electrons. The maximum atomic E-state index is 12.2. The van der Waals surface area contributed by atoms with Gasteiger partial charge in [0, 0.05) is 25.0 Å². The van der Waals surface area contributed by atoms with Crippen molar-refractivity contribution in [1.82, 2.24) is 10.6 Å². The normalized spacial score (nSPS) is 22.8. The molecule has 3 rings (SSSR count). The molecule has 2 unspecified atom stereocenters. The minimum Gasteiger partial charge on any atom is -0.482 e. The lowest BCUT2D eigenvalue weighted by molar-refractivity contribution is -0.145. The highest BCUT2D eigenvalue weighted by molar-refractivity contribution is 5.85. The molecule has 6 nitrogen and oxygen atoms in total. The highest BCUT2D eigenvalue weighted by Gasteiger charge is 2.34. The van der Waals surface area contributed by atoms with E-state index in [1.165, 1.54) is 12.8 Å². The molecule has 2 saturated heterocycles. The summed E-state index contributed by atoms with van der Waals surface area (Å²) in [6, 6.07) is 8.84. The first-order chi connectivity index (χ1) is 13.1. The molecule has 2 atom stereocenters. The lowest BCUT2D eigenvalue weighted by Crippen LogP contribution is -2.39. The largest absolute Gasteiger partial charge is 0.482 e. The third-order valence-corrected chi connectivity index (χ3v) is 5.37. The monoisotopic (exact) mass is 410 g/mol. The second-order valence-corrected chi connectivity index (χ2v) is 7.52. The third-order valence-electron chi connectivity index (χ3n) is 5.37. The fraction of sp³-hybridized carbons (Fsp3) is 0.619. The van der Waals surface area contributed by atoms with E-state index in [0.717, 1.165) is 24.8 Å². The number of hydrogen-bond donors (Lipinski definition) is 2. The van der Waals surface area contributed by atoms with E-state index in [4.69, 9.17) is 9.47 Å². The van der Waals surface area contributed by atoms with E-state index in [0.29, 0.717) is 43.3 Å². The van der Waals surface area contributed by atoms with E-state index in [2.05, 4.69) is 10.6 Å². The number of hydrogen-bond acceptors (Lipinski definition) is 5. The number of nitrogens with one attached hydrogen (secondary N) is 2. The summed E-state index contributed by atoms with van der Waals surface area (Å²) in [5, 5.41) is 6.66. The van der Waals surface area contributed by atoms with Gasteiger partial charge < -0.3 is 20.1 Å². The molecule has 7 heteroatoms. The van der Waals surface area contributed by atoms with Gasteiger partial charge in [0.25, 0.3) is 0 Å². The maximum absolute atomic E-state index is 12.2. The molecule has 0 radical (unpaired) electrons. The number of amides is 1. The Morgan fingerprint density at radius 2 is 1.82 bits per heavy atom. The predicted octanol–water partition coefficient (Wildman–Crippen LogP) is 2.63. The summed E-state index contributed by atoms with van der Waals surface area (Å²) in [6.07, 6.45) is 6.23. The van der Waals surface area contributed by atoms with Crippen LogP contribution in [0.5, 0.6) is 5.75 Å². The third kappa shape index (κ3) is 6.99. The summed E-state index contributed by atoms with van der Waals surface area (Å²) < 4.78 is 10.2. The average Bonchev–Trinajstić information content (AvgIpc) is 2.99. The number of fused-ring (bicyclic) bond motifs is 2. The van der Waals surface area contributed by atoms with E-state index in [1.54, 1.807) is 6.92 Å². The van der Waals surface area contributed by atoms with Crippen molar-refractivity contribution in [3.05, 3.63) is 29.8 Å². The molecule has 0 spiro atoms. The van der Waals surface area contributed by atoms with Crippen molar-refractivity contribution in [3.8, 4) is 5.75 Å². The molecule has 0 aliphatic carbocycles. The van der Waals surface area contributed by atoms with Crippen molar-refractivity contribution in [2.45, 2.75) is 57.5 Å². The van der Waals surface area contributed by atoms with Gasteiger partial charge in [0.05, 0.1) is 6.61 Å². The summed E-state index contributed by atoms with van der Waals surface area (Å²) in [5.74, 6) is 0.956. The average molecular weight is 411 g/mol. The lowest BCUT2D eigenvalue weighted by Gasteiger charge is -2.28. The second kappa shape index (κ2) is 11.3. The first kappa shape index (κ1) is 22.5. The summed E-state index contributed by atoms with van der Waals surface area (Å²) in [6.45, 7) is 2.68. The number of halogens is 1. The van der Waals surface area contributed by atoms with Crippen molar-refractivity contribution in [2.24, 2.45) is 5.92 Å². The Morgan fingerprint density at radius 3 is 2.46 bits per heavy atom. The van der Waals surface area contributed by atoms with Crippen LogP contribution in [0.2, 0.25) is 0 Å².